The Bertz CT molecular complexity index is 789. The SMILES string of the molecule is CC(=O)OC(=O)C(Oc1ccccc1)N1CCN(c2ccnc(C)c2)CC1. The van der Waals surface area contributed by atoms with Crippen LogP contribution < -0.4 is 9.64 Å². The summed E-state index contributed by atoms with van der Waals surface area (Å²) in [7, 11) is 0. The van der Waals surface area contributed by atoms with Gasteiger partial charge in [-0.3, -0.25) is 14.7 Å². The minimum atomic E-state index is -0.961. The van der Waals surface area contributed by atoms with E-state index in [1.807, 2.05) is 42.2 Å². The van der Waals surface area contributed by atoms with E-state index >= 15 is 0 Å². The first-order valence-electron chi connectivity index (χ1n) is 8.88. The lowest BCUT2D eigenvalue weighted by Gasteiger charge is -2.38. The minimum Gasteiger partial charge on any atom is -0.464 e. The molecule has 0 saturated carbocycles. The van der Waals surface area contributed by atoms with Crippen LogP contribution in [0.5, 0.6) is 5.75 Å². The zero-order valence-electron chi connectivity index (χ0n) is 15.5. The van der Waals surface area contributed by atoms with Crippen LogP contribution in [0.1, 0.15) is 12.6 Å². The summed E-state index contributed by atoms with van der Waals surface area (Å²) in [6.45, 7) is 5.83. The summed E-state index contributed by atoms with van der Waals surface area (Å²) >= 11 is 0. The van der Waals surface area contributed by atoms with Gasteiger partial charge in [-0.1, -0.05) is 18.2 Å². The van der Waals surface area contributed by atoms with E-state index in [0.29, 0.717) is 18.8 Å². The summed E-state index contributed by atoms with van der Waals surface area (Å²) in [5, 5.41) is 0. The summed E-state index contributed by atoms with van der Waals surface area (Å²) < 4.78 is 10.6. The smallest absolute Gasteiger partial charge is 0.370 e. The molecule has 0 aliphatic carbocycles. The van der Waals surface area contributed by atoms with E-state index < -0.39 is 18.2 Å². The summed E-state index contributed by atoms with van der Waals surface area (Å²) in [5.41, 5.74) is 2.07. The first-order chi connectivity index (χ1) is 13.0. The number of benzene rings is 1. The third-order valence-corrected chi connectivity index (χ3v) is 4.33. The molecule has 1 aliphatic heterocycles. The predicted octanol–water partition coefficient (Wildman–Crippen LogP) is 2.01. The molecule has 0 bridgehead atoms. The van der Waals surface area contributed by atoms with Crippen LogP contribution in [0.25, 0.3) is 0 Å². The van der Waals surface area contributed by atoms with Crippen LogP contribution in [0.2, 0.25) is 0 Å². The fraction of sp³-hybridized carbons (Fsp3) is 0.350. The van der Waals surface area contributed by atoms with Crippen LogP contribution >= 0.6 is 0 Å². The van der Waals surface area contributed by atoms with Gasteiger partial charge in [-0.25, -0.2) is 4.79 Å². The largest absolute Gasteiger partial charge is 0.464 e. The number of hydrogen-bond acceptors (Lipinski definition) is 7. The Labute approximate surface area is 158 Å². The van der Waals surface area contributed by atoms with Crippen molar-refractivity contribution >= 4 is 17.6 Å². The molecule has 1 aromatic heterocycles. The minimum absolute atomic E-state index is 0.551. The maximum Gasteiger partial charge on any atom is 0.370 e. The van der Waals surface area contributed by atoms with Crippen molar-refractivity contribution in [1.82, 2.24) is 9.88 Å². The lowest BCUT2D eigenvalue weighted by atomic mass is 10.2. The molecule has 3 rings (SSSR count). The molecule has 0 amide bonds. The Balaban J connectivity index is 1.69. The van der Waals surface area contributed by atoms with E-state index in [0.717, 1.165) is 24.5 Å². The van der Waals surface area contributed by atoms with Crippen molar-refractivity contribution in [2.75, 3.05) is 31.1 Å². The summed E-state index contributed by atoms with van der Waals surface area (Å²) in [6, 6.07) is 13.1. The zero-order chi connectivity index (χ0) is 19.2. The number of esters is 2. The standard InChI is InChI=1S/C20H23N3O4/c1-15-14-17(8-9-21-15)22-10-12-23(13-11-22)19(20(25)26-16(2)24)27-18-6-4-3-5-7-18/h3-9,14,19H,10-13H2,1-2H3. The molecular weight excluding hydrogens is 346 g/mol. The fourth-order valence-corrected chi connectivity index (χ4v) is 3.03. The van der Waals surface area contributed by atoms with Crippen molar-refractivity contribution in [1.29, 1.82) is 0 Å². The number of aromatic nitrogens is 1. The van der Waals surface area contributed by atoms with Gasteiger partial charge < -0.3 is 14.4 Å². The number of carbonyl (C=O) groups excluding carboxylic acids is 2. The van der Waals surface area contributed by atoms with E-state index in [1.54, 1.807) is 18.3 Å². The molecule has 1 fully saturated rings. The van der Waals surface area contributed by atoms with Crippen LogP contribution in [0.4, 0.5) is 5.69 Å². The molecule has 0 radical (unpaired) electrons. The van der Waals surface area contributed by atoms with Crippen LogP contribution in [0, 0.1) is 6.92 Å². The lowest BCUT2D eigenvalue weighted by Crippen LogP contribution is -2.55. The van der Waals surface area contributed by atoms with E-state index in [1.165, 1.54) is 6.92 Å². The molecule has 1 aliphatic rings. The molecule has 0 spiro atoms. The van der Waals surface area contributed by atoms with Gasteiger partial charge in [-0.15, -0.1) is 0 Å². The van der Waals surface area contributed by atoms with Gasteiger partial charge in [-0.05, 0) is 31.2 Å². The molecule has 2 heterocycles. The Morgan fingerprint density at radius 3 is 2.41 bits per heavy atom. The molecule has 2 aromatic rings. The second-order valence-electron chi connectivity index (χ2n) is 6.37. The first-order valence-corrected chi connectivity index (χ1v) is 8.88. The topological polar surface area (TPSA) is 72.0 Å². The molecule has 7 heteroatoms. The molecule has 7 nitrogen and oxygen atoms in total. The van der Waals surface area contributed by atoms with Gasteiger partial charge in [0.1, 0.15) is 5.75 Å². The third-order valence-electron chi connectivity index (χ3n) is 4.33. The van der Waals surface area contributed by atoms with Gasteiger partial charge in [0.25, 0.3) is 6.23 Å². The molecule has 1 unspecified atom stereocenters. The molecular formula is C20H23N3O4. The quantitative estimate of drug-likeness (QED) is 0.590. The highest BCUT2D eigenvalue weighted by molar-refractivity contribution is 5.86. The number of piperazine rings is 1. The number of ether oxygens (including phenoxy) is 2. The second kappa shape index (κ2) is 8.64. The van der Waals surface area contributed by atoms with Crippen LogP contribution in [0.3, 0.4) is 0 Å². The number of anilines is 1. The molecule has 0 N–H and O–H groups in total. The Hall–Kier alpha value is -2.93. The van der Waals surface area contributed by atoms with Gasteiger partial charge in [0, 0.05) is 50.7 Å². The van der Waals surface area contributed by atoms with E-state index in [9.17, 15) is 9.59 Å². The van der Waals surface area contributed by atoms with Crippen LogP contribution in [0.15, 0.2) is 48.7 Å². The van der Waals surface area contributed by atoms with Crippen molar-refractivity contribution in [2.45, 2.75) is 20.1 Å². The number of carbonyl (C=O) groups is 2. The number of hydrogen-bond donors (Lipinski definition) is 0. The number of rotatable bonds is 5. The van der Waals surface area contributed by atoms with Crippen LogP contribution in [-0.4, -0.2) is 54.2 Å². The predicted molar refractivity (Wildman–Crippen MR) is 100 cm³/mol. The number of para-hydroxylation sites is 1. The third kappa shape index (κ3) is 5.04. The Morgan fingerprint density at radius 1 is 1.07 bits per heavy atom. The fourth-order valence-electron chi connectivity index (χ4n) is 3.03. The van der Waals surface area contributed by atoms with E-state index in [4.69, 9.17) is 9.47 Å². The molecule has 1 aromatic carbocycles. The average molecular weight is 369 g/mol. The van der Waals surface area contributed by atoms with Gasteiger partial charge in [0.05, 0.1) is 0 Å². The van der Waals surface area contributed by atoms with Gasteiger partial charge in [-0.2, -0.15) is 0 Å². The zero-order valence-corrected chi connectivity index (χ0v) is 15.5. The molecule has 1 saturated heterocycles. The lowest BCUT2D eigenvalue weighted by molar-refractivity contribution is -0.170. The summed E-state index contributed by atoms with van der Waals surface area (Å²) in [4.78, 5) is 32.0. The van der Waals surface area contributed by atoms with Gasteiger partial charge in [0.2, 0.25) is 0 Å². The van der Waals surface area contributed by atoms with E-state index in [2.05, 4.69) is 9.88 Å². The Morgan fingerprint density at radius 2 is 1.78 bits per heavy atom. The highest BCUT2D eigenvalue weighted by Crippen LogP contribution is 2.20. The Kier molecular flexibility index (Phi) is 6.03. The van der Waals surface area contributed by atoms with Crippen molar-refractivity contribution in [2.24, 2.45) is 0 Å². The first kappa shape index (κ1) is 18.8. The maximum atomic E-state index is 12.4. The van der Waals surface area contributed by atoms with E-state index in [-0.39, 0.29) is 0 Å². The van der Waals surface area contributed by atoms with Crippen LogP contribution in [-0.2, 0) is 14.3 Å². The average Bonchev–Trinajstić information content (AvgIpc) is 2.66. The normalized spacial score (nSPS) is 15.9. The number of pyridine rings is 1. The van der Waals surface area contributed by atoms with Crippen molar-refractivity contribution in [3.05, 3.63) is 54.4 Å². The number of aryl methyl sites for hydroxylation is 1. The summed E-state index contributed by atoms with van der Waals surface area (Å²) in [6.07, 6.45) is 0.834. The highest BCUT2D eigenvalue weighted by atomic mass is 16.6. The van der Waals surface area contributed by atoms with Gasteiger partial charge >= 0.3 is 11.9 Å². The van der Waals surface area contributed by atoms with Gasteiger partial charge in [0.15, 0.2) is 0 Å². The highest BCUT2D eigenvalue weighted by Gasteiger charge is 2.33. The van der Waals surface area contributed by atoms with Crippen molar-refractivity contribution < 1.29 is 19.1 Å². The number of nitrogens with zero attached hydrogens (tertiary/aromatic N) is 3. The van der Waals surface area contributed by atoms with Crippen molar-refractivity contribution in [3.8, 4) is 5.75 Å². The maximum absolute atomic E-state index is 12.4. The molecule has 27 heavy (non-hydrogen) atoms. The summed E-state index contributed by atoms with van der Waals surface area (Å²) in [5.74, 6) is -0.790. The monoisotopic (exact) mass is 369 g/mol. The van der Waals surface area contributed by atoms with Crippen molar-refractivity contribution in [3.63, 3.8) is 0 Å². The molecule has 142 valence electrons. The molecule has 1 atom stereocenters. The second-order valence-corrected chi connectivity index (χ2v) is 6.37.